The van der Waals surface area contributed by atoms with Crippen molar-refractivity contribution < 1.29 is 174 Å². The molecule has 2 rings (SSSR count). The zero-order valence-electron chi connectivity index (χ0n) is 97.8. The molecule has 0 heterocycles. The van der Waals surface area contributed by atoms with Crippen molar-refractivity contribution in [3.05, 3.63) is 95.1 Å². The summed E-state index contributed by atoms with van der Waals surface area (Å²) in [5.41, 5.74) is 1.71. The summed E-state index contributed by atoms with van der Waals surface area (Å²) in [5, 5.41) is 2.71. The number of phosphoric ester groups is 2. The lowest BCUT2D eigenvalue weighted by Gasteiger charge is -2.34. The summed E-state index contributed by atoms with van der Waals surface area (Å²) in [5.74, 6) is 0.102. The number of benzene rings is 2. The Hall–Kier alpha value is -8.37. The Bertz CT molecular complexity index is 4300. The van der Waals surface area contributed by atoms with E-state index in [-0.39, 0.29) is 84.2 Å². The molecule has 148 heavy (non-hydrogen) atoms. The molecule has 0 bridgehead atoms. The number of hydrogen-bond donors (Lipinski definition) is 1. The number of ketones is 2. The van der Waals surface area contributed by atoms with Crippen LogP contribution in [0.3, 0.4) is 0 Å². The van der Waals surface area contributed by atoms with Crippen molar-refractivity contribution in [2.45, 2.75) is 378 Å². The van der Waals surface area contributed by atoms with Crippen molar-refractivity contribution in [2.24, 2.45) is 58.7 Å². The minimum atomic E-state index is -4.25. The lowest BCUT2D eigenvalue weighted by atomic mass is 9.91. The van der Waals surface area contributed by atoms with Gasteiger partial charge in [-0.2, -0.15) is 0 Å². The highest BCUT2D eigenvalue weighted by molar-refractivity contribution is 7.58. The molecule has 0 aliphatic heterocycles. The van der Waals surface area contributed by atoms with Crippen LogP contribution < -0.4 is 5.32 Å². The summed E-state index contributed by atoms with van der Waals surface area (Å²) in [7, 11) is -13.6. The molecule has 2 aromatic carbocycles. The van der Waals surface area contributed by atoms with E-state index in [1.165, 1.54) is 74.8 Å². The second-order valence-electron chi connectivity index (χ2n) is 39.0. The van der Waals surface area contributed by atoms with E-state index in [4.69, 9.17) is 78.8 Å². The van der Waals surface area contributed by atoms with Crippen LogP contribution in [0.25, 0.3) is 0 Å². The average Bonchev–Trinajstić information content (AvgIpc) is 0.826. The number of ether oxygens (including phenoxy) is 12. The molecule has 2 aromatic rings. The van der Waals surface area contributed by atoms with E-state index in [9.17, 15) is 80.6 Å². The van der Waals surface area contributed by atoms with Crippen LogP contribution in [0.4, 0.5) is 9.59 Å². The lowest BCUT2D eigenvalue weighted by molar-refractivity contribution is -0.166. The number of esters is 8. The van der Waals surface area contributed by atoms with Gasteiger partial charge in [-0.1, -0.05) is 183 Å². The summed E-state index contributed by atoms with van der Waals surface area (Å²) in [6.45, 7) is 83.3. The molecular weight excluding hydrogens is 2000 g/mol. The number of aryl methyl sites for hydroxylation is 1. The highest BCUT2D eigenvalue weighted by Gasteiger charge is 2.43. The highest BCUT2D eigenvalue weighted by Crippen LogP contribution is 2.57. The first kappa shape index (κ1) is 155. The molecule has 42 heteroatoms. The van der Waals surface area contributed by atoms with Crippen LogP contribution >= 0.6 is 30.4 Å². The number of Topliss-reactive ketones (excluding diaryl/α,β-unsaturated/α-hetero) is 1. The summed E-state index contributed by atoms with van der Waals surface area (Å²) in [6.07, 6.45) is 0.390. The van der Waals surface area contributed by atoms with E-state index in [1.807, 2.05) is 158 Å². The predicted molar refractivity (Wildman–Crippen MR) is 574 cm³/mol. The van der Waals surface area contributed by atoms with Gasteiger partial charge >= 0.3 is 75.7 Å². The fourth-order valence-electron chi connectivity index (χ4n) is 8.80. The number of rotatable bonds is 50. The second kappa shape index (κ2) is 85.1. The molecular formula is C106H191NO37P4. The number of amides is 1. The van der Waals surface area contributed by atoms with Crippen molar-refractivity contribution in [3.63, 3.8) is 0 Å². The Kier molecular flexibility index (Phi) is 89.1. The van der Waals surface area contributed by atoms with Gasteiger partial charge in [-0.15, -0.1) is 0 Å². The highest BCUT2D eigenvalue weighted by atomic mass is 31.2. The van der Waals surface area contributed by atoms with Gasteiger partial charge in [0.15, 0.2) is 5.78 Å². The van der Waals surface area contributed by atoms with E-state index < -0.39 is 109 Å². The minimum absolute atomic E-state index is 0.0432. The van der Waals surface area contributed by atoms with E-state index in [1.54, 1.807) is 105 Å². The van der Waals surface area contributed by atoms with E-state index in [2.05, 4.69) is 54.1 Å². The monoisotopic (exact) mass is 2190 g/mol. The molecule has 0 fully saturated rings. The Morgan fingerprint density at radius 2 is 0.723 bits per heavy atom. The quantitative estimate of drug-likeness (QED) is 0.0211. The predicted octanol–water partition coefficient (Wildman–Crippen LogP) is 25.4. The van der Waals surface area contributed by atoms with Gasteiger partial charge in [0, 0.05) is 84.5 Å². The molecule has 0 aliphatic carbocycles. The third-order valence-corrected chi connectivity index (χ3v) is 25.8. The van der Waals surface area contributed by atoms with Crippen LogP contribution in [-0.2, 0) is 167 Å². The Labute approximate surface area is 886 Å². The number of allylic oxidation sites excluding steroid dienone is 1. The van der Waals surface area contributed by atoms with Gasteiger partial charge in [0.25, 0.3) is 0 Å². The number of carbonyl (C=O) groups excluding carboxylic acids is 13. The first-order chi connectivity index (χ1) is 67.7. The van der Waals surface area contributed by atoms with Gasteiger partial charge in [0.05, 0.1) is 69.1 Å². The third kappa shape index (κ3) is 98.3. The van der Waals surface area contributed by atoms with Gasteiger partial charge in [-0.3, -0.25) is 42.2 Å². The molecule has 12 unspecified atom stereocenters. The molecule has 0 aliphatic rings. The van der Waals surface area contributed by atoms with Crippen LogP contribution in [0.2, 0.25) is 0 Å². The first-order valence-corrected chi connectivity index (χ1v) is 57.8. The molecule has 38 nitrogen and oxygen atoms in total. The van der Waals surface area contributed by atoms with E-state index >= 15 is 0 Å². The van der Waals surface area contributed by atoms with Crippen LogP contribution in [-0.4, -0.2) is 205 Å². The largest absolute Gasteiger partial charge is 0.510 e. The molecule has 0 aromatic heterocycles. The molecule has 862 valence electrons. The molecule has 1 N–H and O–H groups in total. The summed E-state index contributed by atoms with van der Waals surface area (Å²) in [6, 6.07) is 14.2. The Morgan fingerprint density at radius 1 is 0.365 bits per heavy atom. The van der Waals surface area contributed by atoms with Gasteiger partial charge < -0.3 is 76.0 Å². The lowest BCUT2D eigenvalue weighted by Crippen LogP contribution is -2.32. The van der Waals surface area contributed by atoms with Gasteiger partial charge in [0.1, 0.15) is 24.1 Å². The van der Waals surface area contributed by atoms with Crippen LogP contribution in [0.1, 0.15) is 342 Å². The number of nitrogens with one attached hydrogen (secondary N) is 1. The minimum Gasteiger partial charge on any atom is -0.463 e. The number of carbonyl (C=O) groups is 13. The van der Waals surface area contributed by atoms with Gasteiger partial charge in [-0.25, -0.2) is 60.8 Å². The van der Waals surface area contributed by atoms with Crippen LogP contribution in [0, 0.1) is 58.7 Å². The van der Waals surface area contributed by atoms with Crippen molar-refractivity contribution in [3.8, 4) is 0 Å². The standard InChI is InChI=1S/C17H27O4P.2C15H29O9P.C15H23O4P.C11H18O4.C9H14O3.C7H14O2.C6H13NO.C6H12O.C5H12/c1-6-20-22(5,19)12-11-15-7-9-16(10-8-15)17(18)21-14(4)13(2)3;1-9-19-14(17)21-13(5)24-25(18,22-10(2)15(6,7)8)23-12(4)20-11(3)16;1-9-19-14(17)21-13(6)23-25(18,22-12(5)20-11(4)16)24-15(7,8)10(2)3;1-5-19-20(4,17)11-13-6-8-14(9-7-13)15(16)18-10-12(2)3;1-5-14-10(12)6-7-11(13)15-9(4)8(2)3;1-7(2)6-12-9(11)5-4-8(3)10;1-5(2)6(3)9-7(4)8;1-5(2)4-7-6(3)8;1-5(2)4-6(3)7;1-4-5(2)3/h7-10,13-14H,6,11-12H2,1-5H3;2*10,12-13H,9H2,1-8H3;6-9,12H,5,10-11H2,1-4H3;6-9H,5H2,1-4H3;4-5,7H,6H2,1-3H3;5-6H,1-4H3;5H,4H2,1-3H3,(H,7,8);5H,4H2,1-3H3;5H,4H2,1-3H3/b;;;;7-6+;5-4+;;;;. The zero-order chi connectivity index (χ0) is 117. The molecule has 0 spiro atoms. The fraction of sp³-hybridized carbons (Fsp3) is 0.726. The Morgan fingerprint density at radius 3 is 1.05 bits per heavy atom. The smallest absolute Gasteiger partial charge is 0.463 e. The maximum Gasteiger partial charge on any atom is 0.510 e. The molecule has 0 saturated heterocycles. The van der Waals surface area contributed by atoms with Gasteiger partial charge in [0.2, 0.25) is 45.8 Å². The van der Waals surface area contributed by atoms with E-state index in [0.717, 1.165) is 48.2 Å². The number of phosphoric acid groups is 2. The maximum absolute atomic E-state index is 13.0. The van der Waals surface area contributed by atoms with Crippen molar-refractivity contribution in [2.75, 3.05) is 72.3 Å². The first-order valence-electron chi connectivity index (χ1n) is 50.4. The zero-order valence-corrected chi connectivity index (χ0v) is 101. The van der Waals surface area contributed by atoms with Crippen molar-refractivity contribution >= 4 is 108 Å². The SMILES string of the molecule is CC(=O)/C=C/C(=O)OCC(C)C.CC(=O)CC(C)C.CC(=O)NCC(C)C.CC(=O)OC(C)C(C)C.CCC(C)C.CCOC(=O)/C=C/C(=O)OC(C)C(C)C.CCOC(=O)OC(C)OP(=O)(OC(C)OC(C)=O)OC(C)(C)C(C)C.CCOC(=O)OC(C)OP(=O)(OC(C)OC(C)=O)OC(C)C(C)(C)C.CCOP(C)(=O)CCc1ccc(C(=O)OC(C)C(C)C)cc1.CCOP(C)(=O)Cc1ccc(C(=O)OCC(C)C)cc1. The molecule has 12 atom stereocenters. The fourth-order valence-corrected chi connectivity index (χ4v) is 15.1. The molecule has 0 radical (unpaired) electrons. The topological polar surface area (TPSA) is 487 Å². The normalized spacial score (nSPS) is 14.3. The van der Waals surface area contributed by atoms with Gasteiger partial charge in [-0.05, 0) is 224 Å². The second-order valence-corrected chi connectivity index (χ2v) is 47.4. The summed E-state index contributed by atoms with van der Waals surface area (Å²) >= 11 is 0. The number of hydrogen-bond acceptors (Lipinski definition) is 37. The van der Waals surface area contributed by atoms with Crippen LogP contribution in [0.15, 0.2) is 72.8 Å². The average molecular weight is 2200 g/mol. The molecule has 1 amide bonds. The van der Waals surface area contributed by atoms with Crippen LogP contribution in [0.5, 0.6) is 0 Å². The van der Waals surface area contributed by atoms with Crippen molar-refractivity contribution in [1.29, 1.82) is 0 Å². The molecule has 0 saturated carbocycles. The summed E-state index contributed by atoms with van der Waals surface area (Å²) < 4.78 is 150. The third-order valence-electron chi connectivity index (χ3n) is 18.8. The summed E-state index contributed by atoms with van der Waals surface area (Å²) in [4.78, 5) is 142. The van der Waals surface area contributed by atoms with E-state index in [0.29, 0.717) is 98.4 Å². The maximum atomic E-state index is 13.0. The Balaban J connectivity index is -0.000000253. The van der Waals surface area contributed by atoms with Crippen molar-refractivity contribution in [1.82, 2.24) is 5.32 Å².